The lowest BCUT2D eigenvalue weighted by atomic mass is 10.1. The summed E-state index contributed by atoms with van der Waals surface area (Å²) in [5, 5.41) is 8.19. The predicted octanol–water partition coefficient (Wildman–Crippen LogP) is 2.94. The van der Waals surface area contributed by atoms with Crippen LogP contribution in [0.1, 0.15) is 29.0 Å². The third-order valence-electron chi connectivity index (χ3n) is 4.49. The lowest BCUT2D eigenvalue weighted by molar-refractivity contribution is -0.136. The van der Waals surface area contributed by atoms with Gasteiger partial charge in [0.2, 0.25) is 0 Å². The third kappa shape index (κ3) is 5.35. The molecular formula is C21H20F2N4O4. The van der Waals surface area contributed by atoms with Gasteiger partial charge in [-0.25, -0.2) is 0 Å². The molecule has 1 atom stereocenters. The predicted molar refractivity (Wildman–Crippen MR) is 110 cm³/mol. The van der Waals surface area contributed by atoms with Crippen molar-refractivity contribution in [3.05, 3.63) is 59.8 Å². The lowest BCUT2D eigenvalue weighted by Gasteiger charge is -2.15. The first-order valence-electron chi connectivity index (χ1n) is 9.28. The van der Waals surface area contributed by atoms with E-state index >= 15 is 0 Å². The normalized spacial score (nSPS) is 11.8. The number of alkyl halides is 2. The zero-order chi connectivity index (χ0) is 22.5. The summed E-state index contributed by atoms with van der Waals surface area (Å²) < 4.78 is 29.1. The molecule has 1 unspecified atom stereocenters. The molecular weight excluding hydrogens is 410 g/mol. The summed E-state index contributed by atoms with van der Waals surface area (Å²) in [6.07, 6.45) is 0. The van der Waals surface area contributed by atoms with E-state index in [4.69, 9.17) is 0 Å². The van der Waals surface area contributed by atoms with Crippen LogP contribution in [0.15, 0.2) is 48.5 Å². The SMILES string of the molecule is CNC(=O)c1cc2cc(NC(=O)C(=O)NC(C)c3cccc(OC(F)F)c3)ccc2[nH]1. The van der Waals surface area contributed by atoms with Gasteiger partial charge in [0.15, 0.2) is 0 Å². The van der Waals surface area contributed by atoms with E-state index in [1.165, 1.54) is 25.2 Å². The Balaban J connectivity index is 1.65. The minimum absolute atomic E-state index is 0.0472. The van der Waals surface area contributed by atoms with Crippen molar-refractivity contribution in [2.75, 3.05) is 12.4 Å². The largest absolute Gasteiger partial charge is 0.435 e. The maximum atomic E-state index is 12.4. The number of hydrogen-bond acceptors (Lipinski definition) is 4. The Morgan fingerprint density at radius 3 is 2.52 bits per heavy atom. The van der Waals surface area contributed by atoms with Crippen LogP contribution in [-0.4, -0.2) is 36.4 Å². The van der Waals surface area contributed by atoms with Crippen LogP contribution in [0.2, 0.25) is 0 Å². The van der Waals surface area contributed by atoms with E-state index in [-0.39, 0.29) is 11.7 Å². The Labute approximate surface area is 176 Å². The number of rotatable bonds is 6. The van der Waals surface area contributed by atoms with E-state index in [9.17, 15) is 23.2 Å². The molecule has 0 spiro atoms. The van der Waals surface area contributed by atoms with Gasteiger partial charge in [0, 0.05) is 23.6 Å². The van der Waals surface area contributed by atoms with E-state index in [0.29, 0.717) is 27.8 Å². The Bertz CT molecular complexity index is 1130. The van der Waals surface area contributed by atoms with Gasteiger partial charge in [-0.2, -0.15) is 8.78 Å². The standard InChI is InChI=1S/C21H20F2N4O4/c1-11(12-4-3-5-15(9-12)31-21(22)23)25-19(29)20(30)26-14-6-7-16-13(8-14)10-17(27-16)18(28)24-2/h3-11,21,27H,1-2H3,(H,24,28)(H,25,29)(H,26,30). The maximum Gasteiger partial charge on any atom is 0.387 e. The average molecular weight is 430 g/mol. The van der Waals surface area contributed by atoms with Gasteiger partial charge >= 0.3 is 18.4 Å². The minimum atomic E-state index is -2.96. The van der Waals surface area contributed by atoms with Crippen molar-refractivity contribution < 1.29 is 27.9 Å². The zero-order valence-electron chi connectivity index (χ0n) is 16.7. The number of carbonyl (C=O) groups is 3. The summed E-state index contributed by atoms with van der Waals surface area (Å²) in [7, 11) is 1.52. The van der Waals surface area contributed by atoms with Crippen LogP contribution in [-0.2, 0) is 9.59 Å². The molecule has 0 saturated carbocycles. The molecule has 0 aliphatic heterocycles. The van der Waals surface area contributed by atoms with Crippen LogP contribution >= 0.6 is 0 Å². The number of H-pyrrole nitrogens is 1. The molecule has 0 fully saturated rings. The van der Waals surface area contributed by atoms with Crippen LogP contribution in [0, 0.1) is 0 Å². The molecule has 8 nitrogen and oxygen atoms in total. The van der Waals surface area contributed by atoms with Crippen molar-refractivity contribution in [1.82, 2.24) is 15.6 Å². The average Bonchev–Trinajstić information content (AvgIpc) is 3.16. The Hall–Kier alpha value is -3.95. The maximum absolute atomic E-state index is 12.4. The van der Waals surface area contributed by atoms with Gasteiger partial charge in [-0.1, -0.05) is 12.1 Å². The van der Waals surface area contributed by atoms with E-state index in [0.717, 1.165) is 0 Å². The number of carbonyl (C=O) groups excluding carboxylic acids is 3. The van der Waals surface area contributed by atoms with Crippen LogP contribution in [0.3, 0.4) is 0 Å². The summed E-state index contributed by atoms with van der Waals surface area (Å²) in [6, 6.07) is 11.7. The molecule has 1 aromatic heterocycles. The van der Waals surface area contributed by atoms with Crippen molar-refractivity contribution in [3.8, 4) is 5.75 Å². The fourth-order valence-electron chi connectivity index (χ4n) is 2.96. The molecule has 4 N–H and O–H groups in total. The number of anilines is 1. The zero-order valence-corrected chi connectivity index (χ0v) is 16.7. The second-order valence-electron chi connectivity index (χ2n) is 6.66. The first kappa shape index (κ1) is 21.8. The van der Waals surface area contributed by atoms with Crippen molar-refractivity contribution in [2.24, 2.45) is 0 Å². The highest BCUT2D eigenvalue weighted by Crippen LogP contribution is 2.22. The number of fused-ring (bicyclic) bond motifs is 1. The number of nitrogens with one attached hydrogen (secondary N) is 4. The molecule has 0 bridgehead atoms. The second-order valence-corrected chi connectivity index (χ2v) is 6.66. The van der Waals surface area contributed by atoms with Crippen molar-refractivity contribution >= 4 is 34.3 Å². The first-order valence-corrected chi connectivity index (χ1v) is 9.28. The summed E-state index contributed by atoms with van der Waals surface area (Å²) >= 11 is 0. The van der Waals surface area contributed by atoms with Gasteiger partial charge in [0.05, 0.1) is 6.04 Å². The number of aromatic nitrogens is 1. The Morgan fingerprint density at radius 1 is 1.03 bits per heavy atom. The highest BCUT2D eigenvalue weighted by atomic mass is 19.3. The van der Waals surface area contributed by atoms with Gasteiger partial charge in [0.25, 0.3) is 5.91 Å². The topological polar surface area (TPSA) is 112 Å². The lowest BCUT2D eigenvalue weighted by Crippen LogP contribution is -2.36. The molecule has 162 valence electrons. The first-order chi connectivity index (χ1) is 14.8. The number of halogens is 2. The van der Waals surface area contributed by atoms with Crippen LogP contribution in [0.4, 0.5) is 14.5 Å². The molecule has 0 aliphatic carbocycles. The van der Waals surface area contributed by atoms with E-state index in [1.807, 2.05) is 0 Å². The fraction of sp³-hybridized carbons (Fsp3) is 0.190. The molecule has 0 saturated heterocycles. The van der Waals surface area contributed by atoms with E-state index in [2.05, 4.69) is 25.7 Å². The number of hydrogen-bond donors (Lipinski definition) is 4. The monoisotopic (exact) mass is 430 g/mol. The number of ether oxygens (including phenoxy) is 1. The van der Waals surface area contributed by atoms with E-state index in [1.54, 1.807) is 37.3 Å². The van der Waals surface area contributed by atoms with Crippen molar-refractivity contribution in [1.29, 1.82) is 0 Å². The molecule has 1 heterocycles. The summed E-state index contributed by atoms with van der Waals surface area (Å²) in [6.45, 7) is -1.35. The number of benzene rings is 2. The highest BCUT2D eigenvalue weighted by molar-refractivity contribution is 6.39. The minimum Gasteiger partial charge on any atom is -0.435 e. The van der Waals surface area contributed by atoms with Crippen molar-refractivity contribution in [3.63, 3.8) is 0 Å². The van der Waals surface area contributed by atoms with Gasteiger partial charge in [-0.05, 0) is 48.9 Å². The molecule has 0 radical (unpaired) electrons. The second kappa shape index (κ2) is 9.24. The Morgan fingerprint density at radius 2 is 1.81 bits per heavy atom. The summed E-state index contributed by atoms with van der Waals surface area (Å²) in [4.78, 5) is 39.2. The molecule has 0 aliphatic rings. The third-order valence-corrected chi connectivity index (χ3v) is 4.49. The fourth-order valence-corrected chi connectivity index (χ4v) is 2.96. The highest BCUT2D eigenvalue weighted by Gasteiger charge is 2.18. The van der Waals surface area contributed by atoms with Gasteiger partial charge in [0.1, 0.15) is 11.4 Å². The van der Waals surface area contributed by atoms with E-state index < -0.39 is 24.5 Å². The van der Waals surface area contributed by atoms with Gasteiger partial charge < -0.3 is 25.7 Å². The Kier molecular flexibility index (Phi) is 6.49. The molecule has 31 heavy (non-hydrogen) atoms. The smallest absolute Gasteiger partial charge is 0.387 e. The molecule has 10 heteroatoms. The van der Waals surface area contributed by atoms with Crippen LogP contribution < -0.4 is 20.7 Å². The molecule has 3 amide bonds. The van der Waals surface area contributed by atoms with Gasteiger partial charge in [-0.15, -0.1) is 0 Å². The van der Waals surface area contributed by atoms with Crippen LogP contribution in [0.25, 0.3) is 10.9 Å². The summed E-state index contributed by atoms with van der Waals surface area (Å²) in [5.74, 6) is -2.12. The molecule has 2 aromatic carbocycles. The van der Waals surface area contributed by atoms with Crippen LogP contribution in [0.5, 0.6) is 5.75 Å². The number of aromatic amines is 1. The molecule has 3 aromatic rings. The molecule has 3 rings (SSSR count). The quantitative estimate of drug-likeness (QED) is 0.451. The number of amides is 3. The van der Waals surface area contributed by atoms with Crippen molar-refractivity contribution in [2.45, 2.75) is 19.6 Å². The van der Waals surface area contributed by atoms with Gasteiger partial charge in [-0.3, -0.25) is 14.4 Å². The summed E-state index contributed by atoms with van der Waals surface area (Å²) in [5.41, 5.74) is 1.93.